The van der Waals surface area contributed by atoms with Crippen molar-refractivity contribution in [1.29, 1.82) is 0 Å². The fourth-order valence-electron chi connectivity index (χ4n) is 5.13. The van der Waals surface area contributed by atoms with E-state index in [0.29, 0.717) is 30.3 Å². The van der Waals surface area contributed by atoms with Crippen molar-refractivity contribution in [2.45, 2.75) is 64.7 Å². The Balaban J connectivity index is 1.58. The number of hydrogen-bond acceptors (Lipinski definition) is 7. The van der Waals surface area contributed by atoms with Gasteiger partial charge in [0.1, 0.15) is 0 Å². The molecule has 1 saturated heterocycles. The fourth-order valence-corrected chi connectivity index (χ4v) is 7.81. The van der Waals surface area contributed by atoms with E-state index in [-0.39, 0.29) is 10.8 Å². The van der Waals surface area contributed by atoms with Gasteiger partial charge in [0.05, 0.1) is 28.3 Å². The van der Waals surface area contributed by atoms with Crippen LogP contribution in [0.1, 0.15) is 67.4 Å². The first-order valence-electron chi connectivity index (χ1n) is 14.8. The molecule has 0 saturated carbocycles. The molecule has 0 atom stereocenters. The van der Waals surface area contributed by atoms with Crippen LogP contribution in [0.25, 0.3) is 10.2 Å². The Hall–Kier alpha value is -2.37. The summed E-state index contributed by atoms with van der Waals surface area (Å²) in [5.41, 5.74) is 3.63. The van der Waals surface area contributed by atoms with Crippen molar-refractivity contribution in [3.05, 3.63) is 53.1 Å². The summed E-state index contributed by atoms with van der Waals surface area (Å²) in [5.74, 6) is -0.168. The van der Waals surface area contributed by atoms with Crippen LogP contribution in [0.4, 0.5) is 5.13 Å². The summed E-state index contributed by atoms with van der Waals surface area (Å²) >= 11 is 1.53. The molecule has 0 unspecified atom stereocenters. The van der Waals surface area contributed by atoms with Crippen LogP contribution in [0.15, 0.2) is 41.3 Å². The molecule has 0 N–H and O–H groups in total. The lowest BCUT2D eigenvalue weighted by Gasteiger charge is -2.27. The maximum atomic E-state index is 13.9. The summed E-state index contributed by atoms with van der Waals surface area (Å²) in [5, 5.41) is 0.669. The number of aromatic nitrogens is 1. The number of ether oxygens (including phenoxy) is 1. The molecule has 3 aromatic rings. The average molecular weight is 601 g/mol. The summed E-state index contributed by atoms with van der Waals surface area (Å²) in [7, 11) is -3.63. The molecule has 1 fully saturated rings. The molecule has 2 heterocycles. The number of thiazole rings is 1. The van der Waals surface area contributed by atoms with Gasteiger partial charge in [0.15, 0.2) is 5.13 Å². The third-order valence-electron chi connectivity index (χ3n) is 7.52. The van der Waals surface area contributed by atoms with Crippen molar-refractivity contribution < 1.29 is 17.9 Å². The number of amides is 1. The van der Waals surface area contributed by atoms with Crippen molar-refractivity contribution in [3.63, 3.8) is 0 Å². The molecule has 8 nitrogen and oxygen atoms in total. The molecule has 1 aliphatic rings. The van der Waals surface area contributed by atoms with Gasteiger partial charge in [0.2, 0.25) is 10.0 Å². The van der Waals surface area contributed by atoms with Gasteiger partial charge in [0, 0.05) is 44.8 Å². The van der Waals surface area contributed by atoms with E-state index >= 15 is 0 Å². The molecule has 41 heavy (non-hydrogen) atoms. The Bertz CT molecular complexity index is 1390. The van der Waals surface area contributed by atoms with E-state index < -0.39 is 10.0 Å². The topological polar surface area (TPSA) is 83.1 Å². The number of sulfonamides is 1. The zero-order valence-electron chi connectivity index (χ0n) is 24.9. The fraction of sp³-hybridized carbons (Fsp3) is 0.548. The van der Waals surface area contributed by atoms with Crippen LogP contribution in [-0.4, -0.2) is 81.0 Å². The van der Waals surface area contributed by atoms with E-state index in [4.69, 9.17) is 9.72 Å². The molecule has 224 valence electrons. The average Bonchev–Trinajstić information content (AvgIpc) is 3.39. The van der Waals surface area contributed by atoms with E-state index in [2.05, 4.69) is 37.8 Å². The largest absolute Gasteiger partial charge is 0.379 e. The van der Waals surface area contributed by atoms with Crippen molar-refractivity contribution in [2.24, 2.45) is 0 Å². The van der Waals surface area contributed by atoms with Crippen LogP contribution in [0.3, 0.4) is 0 Å². The first-order valence-corrected chi connectivity index (χ1v) is 17.1. The van der Waals surface area contributed by atoms with Gasteiger partial charge in [-0.05, 0) is 74.6 Å². The Morgan fingerprint density at radius 3 is 2.27 bits per heavy atom. The molecular formula is C31H44N4O4S2. The number of fused-ring (bicyclic) bond motifs is 1. The number of unbranched alkanes of at least 4 members (excludes halogenated alkanes) is 2. The Kier molecular flexibility index (Phi) is 11.3. The standard InChI is InChI=1S/C31H44N4O4S2/c1-5-7-15-34(16-8-6-2)41(37,38)27-12-10-26(11-13-27)30(36)35(17-9-14-33-18-20-39-21-19-33)31-32-29-25(4)22-24(3)23-28(29)40-31/h10-13,22-23H,5-9,14-21H2,1-4H3. The van der Waals surface area contributed by atoms with Crippen LogP contribution in [0.5, 0.6) is 0 Å². The highest BCUT2D eigenvalue weighted by Gasteiger charge is 2.26. The second kappa shape index (κ2) is 14.7. The van der Waals surface area contributed by atoms with E-state index in [1.165, 1.54) is 16.9 Å². The van der Waals surface area contributed by atoms with Crippen LogP contribution in [0, 0.1) is 13.8 Å². The number of rotatable bonds is 14. The number of aryl methyl sites for hydroxylation is 2. The molecule has 2 aromatic carbocycles. The van der Waals surface area contributed by atoms with Gasteiger partial charge in [0.25, 0.3) is 5.91 Å². The third-order valence-corrected chi connectivity index (χ3v) is 10.5. The molecule has 0 aliphatic carbocycles. The molecule has 0 bridgehead atoms. The number of carbonyl (C=O) groups is 1. The molecule has 0 radical (unpaired) electrons. The van der Waals surface area contributed by atoms with Crippen LogP contribution >= 0.6 is 11.3 Å². The maximum absolute atomic E-state index is 13.9. The Morgan fingerprint density at radius 2 is 1.63 bits per heavy atom. The number of anilines is 1. The summed E-state index contributed by atoms with van der Waals surface area (Å²) < 4.78 is 35.0. The normalized spacial score (nSPS) is 14.7. The minimum atomic E-state index is -3.63. The highest BCUT2D eigenvalue weighted by molar-refractivity contribution is 7.89. The van der Waals surface area contributed by atoms with E-state index in [1.54, 1.807) is 33.5 Å². The Labute approximate surface area is 249 Å². The summed E-state index contributed by atoms with van der Waals surface area (Å²) in [6.07, 6.45) is 4.30. The first kappa shape index (κ1) is 31.6. The zero-order chi connectivity index (χ0) is 29.4. The van der Waals surface area contributed by atoms with Gasteiger partial charge < -0.3 is 4.74 Å². The molecule has 1 aliphatic heterocycles. The monoisotopic (exact) mass is 600 g/mol. The summed E-state index contributed by atoms with van der Waals surface area (Å²) in [4.78, 5) is 23.2. The highest BCUT2D eigenvalue weighted by Crippen LogP contribution is 2.33. The van der Waals surface area contributed by atoms with Crippen LogP contribution in [0.2, 0.25) is 0 Å². The second-order valence-corrected chi connectivity index (χ2v) is 13.8. The Morgan fingerprint density at radius 1 is 0.976 bits per heavy atom. The van der Waals surface area contributed by atoms with Gasteiger partial charge in [-0.25, -0.2) is 13.4 Å². The number of nitrogens with zero attached hydrogens (tertiary/aromatic N) is 4. The number of morpholine rings is 1. The van der Waals surface area contributed by atoms with Crippen molar-refractivity contribution in [2.75, 3.05) is 57.4 Å². The summed E-state index contributed by atoms with van der Waals surface area (Å²) in [6, 6.07) is 10.7. The minimum absolute atomic E-state index is 0.168. The van der Waals surface area contributed by atoms with E-state index in [1.807, 2.05) is 6.92 Å². The lowest BCUT2D eigenvalue weighted by atomic mass is 10.1. The van der Waals surface area contributed by atoms with Crippen molar-refractivity contribution >= 4 is 42.6 Å². The van der Waals surface area contributed by atoms with Gasteiger partial charge in [-0.15, -0.1) is 0 Å². The SMILES string of the molecule is CCCCN(CCCC)S(=O)(=O)c1ccc(C(=O)N(CCCN2CCOCC2)c2nc3c(C)cc(C)cc3s2)cc1. The minimum Gasteiger partial charge on any atom is -0.379 e. The van der Waals surface area contributed by atoms with Gasteiger partial charge >= 0.3 is 0 Å². The molecular weight excluding hydrogens is 556 g/mol. The van der Waals surface area contributed by atoms with Crippen LogP contribution in [-0.2, 0) is 14.8 Å². The smallest absolute Gasteiger partial charge is 0.260 e. The van der Waals surface area contributed by atoms with Gasteiger partial charge in [-0.1, -0.05) is 44.1 Å². The van der Waals surface area contributed by atoms with Crippen molar-refractivity contribution in [1.82, 2.24) is 14.2 Å². The molecule has 1 amide bonds. The third kappa shape index (κ3) is 7.93. The van der Waals surface area contributed by atoms with E-state index in [9.17, 15) is 13.2 Å². The second-order valence-electron chi connectivity index (χ2n) is 10.8. The lowest BCUT2D eigenvalue weighted by molar-refractivity contribution is 0.0376. The lowest BCUT2D eigenvalue weighted by Crippen LogP contribution is -2.39. The molecule has 4 rings (SSSR count). The van der Waals surface area contributed by atoms with Crippen molar-refractivity contribution in [3.8, 4) is 0 Å². The molecule has 0 spiro atoms. The van der Waals surface area contributed by atoms with E-state index in [0.717, 1.165) is 80.7 Å². The zero-order valence-corrected chi connectivity index (χ0v) is 26.5. The number of benzene rings is 2. The van der Waals surface area contributed by atoms with Gasteiger partial charge in [-0.2, -0.15) is 4.31 Å². The number of carbonyl (C=O) groups excluding carboxylic acids is 1. The number of hydrogen-bond donors (Lipinski definition) is 0. The predicted molar refractivity (Wildman–Crippen MR) is 168 cm³/mol. The first-order chi connectivity index (χ1) is 19.7. The highest BCUT2D eigenvalue weighted by atomic mass is 32.2. The molecule has 1 aromatic heterocycles. The van der Waals surface area contributed by atoms with Crippen LogP contribution < -0.4 is 4.90 Å². The predicted octanol–water partition coefficient (Wildman–Crippen LogP) is 5.87. The molecule has 10 heteroatoms. The summed E-state index contributed by atoms with van der Waals surface area (Å²) in [6.45, 7) is 13.9. The maximum Gasteiger partial charge on any atom is 0.260 e. The quantitative estimate of drug-likeness (QED) is 0.230. The van der Waals surface area contributed by atoms with Gasteiger partial charge in [-0.3, -0.25) is 14.6 Å².